The highest BCUT2D eigenvalue weighted by molar-refractivity contribution is 5.79. The molecule has 3 aliphatic rings. The second kappa shape index (κ2) is 7.77. The number of piperidine rings is 1. The van der Waals surface area contributed by atoms with Crippen molar-refractivity contribution in [2.75, 3.05) is 19.6 Å². The number of carbonyl (C=O) groups is 1. The summed E-state index contributed by atoms with van der Waals surface area (Å²) in [6.07, 6.45) is 2.02. The van der Waals surface area contributed by atoms with Crippen molar-refractivity contribution in [2.24, 2.45) is 5.92 Å². The van der Waals surface area contributed by atoms with Gasteiger partial charge >= 0.3 is 0 Å². The molecule has 1 amide bonds. The predicted octanol–water partition coefficient (Wildman–Crippen LogP) is 3.63. The van der Waals surface area contributed by atoms with Crippen LogP contribution in [0.1, 0.15) is 24.0 Å². The van der Waals surface area contributed by atoms with Crippen LogP contribution in [0.5, 0.6) is 0 Å². The third-order valence-electron chi connectivity index (χ3n) is 5.73. The van der Waals surface area contributed by atoms with E-state index in [1.54, 1.807) is 0 Å². The van der Waals surface area contributed by atoms with Crippen molar-refractivity contribution in [2.45, 2.75) is 31.8 Å². The van der Waals surface area contributed by atoms with Crippen molar-refractivity contribution in [3.05, 3.63) is 71.3 Å². The summed E-state index contributed by atoms with van der Waals surface area (Å²) in [5.74, 6) is -1.47. The number of hydrogen-bond donors (Lipinski definition) is 0. The maximum atomic E-state index is 13.9. The Kier molecular flexibility index (Phi) is 5.21. The molecule has 5 rings (SSSR count). The van der Waals surface area contributed by atoms with E-state index in [0.717, 1.165) is 38.5 Å². The van der Waals surface area contributed by atoms with Crippen molar-refractivity contribution in [3.8, 4) is 0 Å². The highest BCUT2D eigenvalue weighted by Gasteiger charge is 2.37. The van der Waals surface area contributed by atoms with Gasteiger partial charge in [0.2, 0.25) is 5.91 Å². The summed E-state index contributed by atoms with van der Waals surface area (Å²) in [6.45, 7) is 3.41. The summed E-state index contributed by atoms with van der Waals surface area (Å²) in [4.78, 5) is 17.2. The monoisotopic (exact) mass is 370 g/mol. The fourth-order valence-electron chi connectivity index (χ4n) is 4.40. The summed E-state index contributed by atoms with van der Waals surface area (Å²) in [6, 6.07) is 14.5. The Balaban J connectivity index is 1.45. The Labute approximate surface area is 158 Å². The number of fused-ring (bicyclic) bond motifs is 4. The van der Waals surface area contributed by atoms with Crippen LogP contribution in [0.3, 0.4) is 0 Å². The lowest BCUT2D eigenvalue weighted by molar-refractivity contribution is -0.134. The normalized spacial score (nSPS) is 22.7. The first-order chi connectivity index (χ1) is 13.1. The van der Waals surface area contributed by atoms with Crippen molar-refractivity contribution >= 4 is 5.91 Å². The van der Waals surface area contributed by atoms with Crippen LogP contribution in [0.4, 0.5) is 8.78 Å². The quantitative estimate of drug-likeness (QED) is 0.821. The van der Waals surface area contributed by atoms with Gasteiger partial charge in [-0.2, -0.15) is 0 Å². The molecule has 5 heteroatoms. The molecule has 0 aromatic heterocycles. The number of carbonyl (C=O) groups excluding carboxylic acids is 1. The van der Waals surface area contributed by atoms with Crippen LogP contribution in [0, 0.1) is 17.6 Å². The van der Waals surface area contributed by atoms with Crippen LogP contribution < -0.4 is 0 Å². The SMILES string of the molecule is O=C(Cc1cccc(F)c1F)N1C[C@H]2CC[C@@H]1CN(Cc1ccccc1)C2. The van der Waals surface area contributed by atoms with Crippen molar-refractivity contribution in [3.63, 3.8) is 0 Å². The van der Waals surface area contributed by atoms with E-state index in [4.69, 9.17) is 0 Å². The molecule has 0 spiro atoms. The standard InChI is InChI=1S/C22H24F2N2O/c23-20-8-4-7-18(22(20)24)11-21(27)26-14-17-9-10-19(26)15-25(13-17)12-16-5-2-1-3-6-16/h1-8,17,19H,9-15H2/t17-,19+/m0/s1. The average Bonchev–Trinajstić information content (AvgIpc) is 2.97. The first-order valence-corrected chi connectivity index (χ1v) is 9.59. The molecule has 0 N–H and O–H groups in total. The maximum Gasteiger partial charge on any atom is 0.227 e. The molecular weight excluding hydrogens is 346 g/mol. The third kappa shape index (κ3) is 4.03. The minimum Gasteiger partial charge on any atom is -0.338 e. The fraction of sp³-hybridized carbons (Fsp3) is 0.409. The van der Waals surface area contributed by atoms with Gasteiger partial charge < -0.3 is 4.90 Å². The maximum absolute atomic E-state index is 13.9. The van der Waals surface area contributed by atoms with Gasteiger partial charge in [0.1, 0.15) is 0 Å². The van der Waals surface area contributed by atoms with E-state index in [1.807, 2.05) is 23.1 Å². The van der Waals surface area contributed by atoms with E-state index >= 15 is 0 Å². The molecule has 0 aliphatic carbocycles. The Morgan fingerprint density at radius 3 is 2.59 bits per heavy atom. The van der Waals surface area contributed by atoms with Gasteiger partial charge in [0.25, 0.3) is 0 Å². The lowest BCUT2D eigenvalue weighted by Crippen LogP contribution is -2.48. The summed E-state index contributed by atoms with van der Waals surface area (Å²) >= 11 is 0. The van der Waals surface area contributed by atoms with Gasteiger partial charge in [-0.15, -0.1) is 0 Å². The first kappa shape index (κ1) is 18.1. The lowest BCUT2D eigenvalue weighted by atomic mass is 9.94. The predicted molar refractivity (Wildman–Crippen MR) is 100 cm³/mol. The van der Waals surface area contributed by atoms with Crippen molar-refractivity contribution in [1.29, 1.82) is 0 Å². The number of nitrogens with zero attached hydrogens (tertiary/aromatic N) is 2. The lowest BCUT2D eigenvalue weighted by Gasteiger charge is -2.36. The van der Waals surface area contributed by atoms with E-state index in [2.05, 4.69) is 17.0 Å². The summed E-state index contributed by atoms with van der Waals surface area (Å²) in [5, 5.41) is 0. The largest absolute Gasteiger partial charge is 0.338 e. The topological polar surface area (TPSA) is 23.6 Å². The summed E-state index contributed by atoms with van der Waals surface area (Å²) in [7, 11) is 0. The zero-order chi connectivity index (χ0) is 18.8. The van der Waals surface area contributed by atoms with Gasteiger partial charge in [-0.05, 0) is 30.4 Å². The fourth-order valence-corrected chi connectivity index (χ4v) is 4.40. The molecule has 2 atom stereocenters. The Morgan fingerprint density at radius 2 is 1.78 bits per heavy atom. The van der Waals surface area contributed by atoms with Gasteiger partial charge in [-0.25, -0.2) is 8.78 Å². The van der Waals surface area contributed by atoms with Crippen molar-refractivity contribution < 1.29 is 13.6 Å². The smallest absolute Gasteiger partial charge is 0.227 e. The number of halogens is 2. The molecule has 2 aromatic carbocycles. The number of amides is 1. The molecule has 3 nitrogen and oxygen atoms in total. The van der Waals surface area contributed by atoms with E-state index in [-0.39, 0.29) is 23.9 Å². The van der Waals surface area contributed by atoms with Crippen molar-refractivity contribution in [1.82, 2.24) is 9.80 Å². The first-order valence-electron chi connectivity index (χ1n) is 9.59. The second-order valence-corrected chi connectivity index (χ2v) is 7.71. The molecule has 27 heavy (non-hydrogen) atoms. The van der Waals surface area contributed by atoms with Gasteiger partial charge in [-0.1, -0.05) is 42.5 Å². The molecule has 3 fully saturated rings. The van der Waals surface area contributed by atoms with Gasteiger partial charge in [0.05, 0.1) is 6.42 Å². The summed E-state index contributed by atoms with van der Waals surface area (Å²) < 4.78 is 27.4. The molecule has 2 aromatic rings. The van der Waals surface area contributed by atoms with E-state index in [0.29, 0.717) is 12.5 Å². The molecule has 2 bridgehead atoms. The van der Waals surface area contributed by atoms with Crippen LogP contribution in [0.2, 0.25) is 0 Å². The zero-order valence-corrected chi connectivity index (χ0v) is 15.3. The number of rotatable bonds is 4. The molecule has 142 valence electrons. The van der Waals surface area contributed by atoms with Crippen LogP contribution in [0.15, 0.2) is 48.5 Å². The molecule has 3 saturated heterocycles. The van der Waals surface area contributed by atoms with Crippen LogP contribution in [-0.2, 0) is 17.8 Å². The second-order valence-electron chi connectivity index (χ2n) is 7.71. The minimum atomic E-state index is -0.906. The Hall–Kier alpha value is -2.27. The van der Waals surface area contributed by atoms with Crippen LogP contribution >= 0.6 is 0 Å². The molecule has 0 radical (unpaired) electrons. The average molecular weight is 370 g/mol. The van der Waals surface area contributed by atoms with Crippen LogP contribution in [-0.4, -0.2) is 41.4 Å². The molecule has 3 heterocycles. The van der Waals surface area contributed by atoms with E-state index in [1.165, 1.54) is 17.7 Å². The van der Waals surface area contributed by atoms with E-state index in [9.17, 15) is 13.6 Å². The van der Waals surface area contributed by atoms with Gasteiger partial charge in [-0.3, -0.25) is 9.69 Å². The van der Waals surface area contributed by atoms with Crippen LogP contribution in [0.25, 0.3) is 0 Å². The highest BCUT2D eigenvalue weighted by atomic mass is 19.2. The zero-order valence-electron chi connectivity index (χ0n) is 15.3. The molecule has 0 unspecified atom stereocenters. The van der Waals surface area contributed by atoms with E-state index < -0.39 is 11.6 Å². The van der Waals surface area contributed by atoms with Gasteiger partial charge in [0, 0.05) is 37.8 Å². The molecular formula is C22H24F2N2O. The minimum absolute atomic E-state index is 0.0779. The third-order valence-corrected chi connectivity index (χ3v) is 5.73. The Bertz CT molecular complexity index is 811. The number of hydrogen-bond acceptors (Lipinski definition) is 2. The molecule has 3 aliphatic heterocycles. The Morgan fingerprint density at radius 1 is 0.963 bits per heavy atom. The summed E-state index contributed by atoms with van der Waals surface area (Å²) in [5.41, 5.74) is 1.42. The highest BCUT2D eigenvalue weighted by Crippen LogP contribution is 2.29. The van der Waals surface area contributed by atoms with Gasteiger partial charge in [0.15, 0.2) is 11.6 Å². The number of benzene rings is 2. The molecule has 0 saturated carbocycles.